The minimum Gasteiger partial charge on any atom is -0.300 e. The van der Waals surface area contributed by atoms with Gasteiger partial charge in [0.15, 0.2) is 0 Å². The number of hydrogen-bond donors (Lipinski definition) is 1. The summed E-state index contributed by atoms with van der Waals surface area (Å²) >= 11 is 4.30. The molecule has 0 radical (unpaired) electrons. The monoisotopic (exact) mass is 229 g/mol. The SMILES string of the molecule is CC(CCS)CCN1CCCC(C)C1C. The molecule has 0 N–H and O–H groups in total. The maximum absolute atomic E-state index is 4.30. The highest BCUT2D eigenvalue weighted by Crippen LogP contribution is 2.23. The number of rotatable bonds is 5. The molecule has 0 saturated carbocycles. The van der Waals surface area contributed by atoms with Crippen molar-refractivity contribution < 1.29 is 0 Å². The van der Waals surface area contributed by atoms with Crippen LogP contribution >= 0.6 is 12.6 Å². The van der Waals surface area contributed by atoms with Crippen LogP contribution in [0.15, 0.2) is 0 Å². The molecule has 1 heterocycles. The summed E-state index contributed by atoms with van der Waals surface area (Å²) in [6.07, 6.45) is 5.43. The smallest absolute Gasteiger partial charge is 0.00925 e. The number of nitrogens with zero attached hydrogens (tertiary/aromatic N) is 1. The average molecular weight is 229 g/mol. The summed E-state index contributed by atoms with van der Waals surface area (Å²) < 4.78 is 0. The Balaban J connectivity index is 2.25. The Labute approximate surface area is 101 Å². The molecule has 1 rings (SSSR count). The lowest BCUT2D eigenvalue weighted by molar-refractivity contribution is 0.107. The summed E-state index contributed by atoms with van der Waals surface area (Å²) in [5, 5.41) is 0. The molecule has 0 spiro atoms. The fourth-order valence-electron chi connectivity index (χ4n) is 2.49. The molecule has 1 nitrogen and oxygen atoms in total. The zero-order valence-electron chi connectivity index (χ0n) is 10.6. The molecule has 0 aliphatic carbocycles. The quantitative estimate of drug-likeness (QED) is 0.707. The van der Waals surface area contributed by atoms with Crippen LogP contribution in [0, 0.1) is 11.8 Å². The van der Waals surface area contributed by atoms with Gasteiger partial charge in [0.25, 0.3) is 0 Å². The van der Waals surface area contributed by atoms with Gasteiger partial charge in [-0.15, -0.1) is 0 Å². The van der Waals surface area contributed by atoms with Gasteiger partial charge in [-0.2, -0.15) is 12.6 Å². The molecule has 1 saturated heterocycles. The Morgan fingerprint density at radius 3 is 2.73 bits per heavy atom. The van der Waals surface area contributed by atoms with E-state index in [9.17, 15) is 0 Å². The van der Waals surface area contributed by atoms with E-state index >= 15 is 0 Å². The third-order valence-corrected chi connectivity index (χ3v) is 4.29. The first-order valence-electron chi connectivity index (χ1n) is 6.50. The van der Waals surface area contributed by atoms with E-state index in [0.717, 1.165) is 23.6 Å². The van der Waals surface area contributed by atoms with Gasteiger partial charge in [0.2, 0.25) is 0 Å². The standard InChI is InChI=1S/C13H27NS/c1-11(7-10-15)6-9-14-8-4-5-12(2)13(14)3/h11-13,15H,4-10H2,1-3H3. The summed E-state index contributed by atoms with van der Waals surface area (Å²) in [5.74, 6) is 2.76. The molecule has 1 fully saturated rings. The van der Waals surface area contributed by atoms with Gasteiger partial charge in [-0.1, -0.05) is 13.8 Å². The van der Waals surface area contributed by atoms with Gasteiger partial charge in [-0.05, 0) is 63.3 Å². The highest BCUT2D eigenvalue weighted by molar-refractivity contribution is 7.80. The zero-order valence-corrected chi connectivity index (χ0v) is 11.5. The number of likely N-dealkylation sites (tertiary alicyclic amines) is 1. The molecule has 0 aromatic carbocycles. The molecule has 0 aromatic rings. The Bertz CT molecular complexity index is 172. The summed E-state index contributed by atoms with van der Waals surface area (Å²) in [6.45, 7) is 9.76. The Hall–Kier alpha value is 0.310. The van der Waals surface area contributed by atoms with E-state index in [1.165, 1.54) is 38.8 Å². The van der Waals surface area contributed by atoms with Gasteiger partial charge in [-0.3, -0.25) is 0 Å². The first-order chi connectivity index (χ1) is 7.15. The van der Waals surface area contributed by atoms with E-state index < -0.39 is 0 Å². The van der Waals surface area contributed by atoms with Crippen LogP contribution in [0.3, 0.4) is 0 Å². The molecule has 3 unspecified atom stereocenters. The summed E-state index contributed by atoms with van der Waals surface area (Å²) in [7, 11) is 0. The van der Waals surface area contributed by atoms with E-state index in [1.54, 1.807) is 0 Å². The molecule has 1 aliphatic rings. The van der Waals surface area contributed by atoms with E-state index in [1.807, 2.05) is 0 Å². The minimum absolute atomic E-state index is 0.793. The van der Waals surface area contributed by atoms with Crippen molar-refractivity contribution in [2.75, 3.05) is 18.8 Å². The third-order valence-electron chi connectivity index (χ3n) is 4.04. The maximum Gasteiger partial charge on any atom is 0.00925 e. The van der Waals surface area contributed by atoms with E-state index in [-0.39, 0.29) is 0 Å². The molecule has 90 valence electrons. The van der Waals surface area contributed by atoms with Crippen molar-refractivity contribution in [3.8, 4) is 0 Å². The number of hydrogen-bond acceptors (Lipinski definition) is 2. The Morgan fingerprint density at radius 2 is 2.07 bits per heavy atom. The van der Waals surface area contributed by atoms with Gasteiger partial charge in [0, 0.05) is 6.04 Å². The first-order valence-corrected chi connectivity index (χ1v) is 7.13. The highest BCUT2D eigenvalue weighted by atomic mass is 32.1. The maximum atomic E-state index is 4.30. The van der Waals surface area contributed by atoms with Crippen molar-refractivity contribution in [2.45, 2.75) is 52.5 Å². The molecule has 15 heavy (non-hydrogen) atoms. The van der Waals surface area contributed by atoms with Gasteiger partial charge in [0.05, 0.1) is 0 Å². The van der Waals surface area contributed by atoms with Crippen LogP contribution in [0.4, 0.5) is 0 Å². The molecule has 0 aromatic heterocycles. The third kappa shape index (κ3) is 4.36. The molecular weight excluding hydrogens is 202 g/mol. The minimum atomic E-state index is 0.793. The van der Waals surface area contributed by atoms with Crippen LogP contribution in [0.25, 0.3) is 0 Å². The van der Waals surface area contributed by atoms with Gasteiger partial charge >= 0.3 is 0 Å². The van der Waals surface area contributed by atoms with Crippen LogP contribution < -0.4 is 0 Å². The van der Waals surface area contributed by atoms with Crippen molar-refractivity contribution >= 4 is 12.6 Å². The van der Waals surface area contributed by atoms with Crippen LogP contribution in [-0.4, -0.2) is 29.8 Å². The predicted molar refractivity (Wildman–Crippen MR) is 71.7 cm³/mol. The van der Waals surface area contributed by atoms with Crippen molar-refractivity contribution in [3.63, 3.8) is 0 Å². The van der Waals surface area contributed by atoms with Crippen molar-refractivity contribution in [2.24, 2.45) is 11.8 Å². The molecule has 1 aliphatic heterocycles. The second-order valence-electron chi connectivity index (χ2n) is 5.30. The van der Waals surface area contributed by atoms with E-state index in [4.69, 9.17) is 0 Å². The Morgan fingerprint density at radius 1 is 1.33 bits per heavy atom. The lowest BCUT2D eigenvalue weighted by Gasteiger charge is -2.38. The predicted octanol–water partition coefficient (Wildman–Crippen LogP) is 3.45. The topological polar surface area (TPSA) is 3.24 Å². The molecule has 0 bridgehead atoms. The molecule has 0 amide bonds. The zero-order chi connectivity index (χ0) is 11.3. The summed E-state index contributed by atoms with van der Waals surface area (Å²) in [5.41, 5.74) is 0. The van der Waals surface area contributed by atoms with Crippen molar-refractivity contribution in [1.82, 2.24) is 4.90 Å². The summed E-state index contributed by atoms with van der Waals surface area (Å²) in [6, 6.07) is 0.793. The van der Waals surface area contributed by atoms with Crippen molar-refractivity contribution in [1.29, 1.82) is 0 Å². The second kappa shape index (κ2) is 6.80. The van der Waals surface area contributed by atoms with Gasteiger partial charge < -0.3 is 4.90 Å². The molecule has 3 atom stereocenters. The fourth-order valence-corrected chi connectivity index (χ4v) is 2.93. The largest absolute Gasteiger partial charge is 0.300 e. The van der Waals surface area contributed by atoms with E-state index in [0.29, 0.717) is 0 Å². The molecular formula is C13H27NS. The van der Waals surface area contributed by atoms with E-state index in [2.05, 4.69) is 38.3 Å². The number of piperidine rings is 1. The highest BCUT2D eigenvalue weighted by Gasteiger charge is 2.24. The van der Waals surface area contributed by atoms with Gasteiger partial charge in [-0.25, -0.2) is 0 Å². The molecule has 2 heteroatoms. The summed E-state index contributed by atoms with van der Waals surface area (Å²) in [4.78, 5) is 2.68. The first kappa shape index (κ1) is 13.4. The number of thiol groups is 1. The lowest BCUT2D eigenvalue weighted by atomic mass is 9.91. The van der Waals surface area contributed by atoms with Crippen LogP contribution in [0.1, 0.15) is 46.5 Å². The normalized spacial score (nSPS) is 30.4. The fraction of sp³-hybridized carbons (Fsp3) is 1.00. The Kier molecular flexibility index (Phi) is 6.06. The van der Waals surface area contributed by atoms with Gasteiger partial charge in [0.1, 0.15) is 0 Å². The van der Waals surface area contributed by atoms with Crippen LogP contribution in [-0.2, 0) is 0 Å². The van der Waals surface area contributed by atoms with Crippen molar-refractivity contribution in [3.05, 3.63) is 0 Å². The van der Waals surface area contributed by atoms with Crippen LogP contribution in [0.2, 0.25) is 0 Å². The second-order valence-corrected chi connectivity index (χ2v) is 5.75. The average Bonchev–Trinajstić information content (AvgIpc) is 2.21. The lowest BCUT2D eigenvalue weighted by Crippen LogP contribution is -2.43. The van der Waals surface area contributed by atoms with Crippen LogP contribution in [0.5, 0.6) is 0 Å².